The van der Waals surface area contributed by atoms with Gasteiger partial charge < -0.3 is 14.8 Å². The zero-order valence-electron chi connectivity index (χ0n) is 6.29. The van der Waals surface area contributed by atoms with Gasteiger partial charge in [-0.3, -0.25) is 0 Å². The predicted molar refractivity (Wildman–Crippen MR) is 34.9 cm³/mol. The molecule has 0 spiro atoms. The van der Waals surface area contributed by atoms with E-state index in [-0.39, 0.29) is 0 Å². The number of alkyl carbamates (subject to hydrolysis) is 1. The van der Waals surface area contributed by atoms with E-state index < -0.39 is 24.2 Å². The highest BCUT2D eigenvalue weighted by molar-refractivity contribution is 5.84. The van der Waals surface area contributed by atoms with Crippen LogP contribution in [0.2, 0.25) is 0 Å². The number of nitrogens with one attached hydrogen (secondary N) is 1. The SMILES string of the molecule is COC(=O)[C@@H]1NC(=O)O[C@@H]1C. The van der Waals surface area contributed by atoms with Crippen LogP contribution >= 0.6 is 0 Å². The fourth-order valence-corrected chi connectivity index (χ4v) is 0.893. The first kappa shape index (κ1) is 7.84. The molecule has 1 heterocycles. The number of carbonyl (C=O) groups excluding carboxylic acids is 2. The Labute approximate surface area is 63.7 Å². The fourth-order valence-electron chi connectivity index (χ4n) is 0.893. The first-order valence-corrected chi connectivity index (χ1v) is 3.20. The topological polar surface area (TPSA) is 64.6 Å². The Bertz CT molecular complexity index is 191. The standard InChI is InChI=1S/C6H9NO4/c1-3-4(5(8)10-2)7-6(9)11-3/h3-4H,1-2H3,(H,7,9)/t3-,4-/m1/s1. The number of ether oxygens (including phenoxy) is 2. The molecule has 1 amide bonds. The lowest BCUT2D eigenvalue weighted by Gasteiger charge is -2.08. The van der Waals surface area contributed by atoms with Crippen LogP contribution < -0.4 is 5.32 Å². The lowest BCUT2D eigenvalue weighted by Crippen LogP contribution is -2.38. The van der Waals surface area contributed by atoms with Crippen LogP contribution in [0.3, 0.4) is 0 Å². The van der Waals surface area contributed by atoms with Gasteiger partial charge >= 0.3 is 12.1 Å². The Kier molecular flexibility index (Phi) is 1.98. The summed E-state index contributed by atoms with van der Waals surface area (Å²) in [6.07, 6.45) is -1.03. The predicted octanol–water partition coefficient (Wildman–Crippen LogP) is -0.344. The first-order chi connectivity index (χ1) is 5.15. The highest BCUT2D eigenvalue weighted by atomic mass is 16.6. The van der Waals surface area contributed by atoms with Gasteiger partial charge in [0.15, 0.2) is 6.04 Å². The Hall–Kier alpha value is -1.26. The molecular weight excluding hydrogens is 150 g/mol. The van der Waals surface area contributed by atoms with Crippen molar-refractivity contribution in [1.29, 1.82) is 0 Å². The van der Waals surface area contributed by atoms with Crippen molar-refractivity contribution in [1.82, 2.24) is 5.32 Å². The number of amides is 1. The van der Waals surface area contributed by atoms with Crippen LogP contribution in [0.4, 0.5) is 4.79 Å². The van der Waals surface area contributed by atoms with Crippen molar-refractivity contribution < 1.29 is 19.1 Å². The van der Waals surface area contributed by atoms with Crippen molar-refractivity contribution in [3.05, 3.63) is 0 Å². The molecule has 2 atom stereocenters. The Morgan fingerprint density at radius 3 is 2.73 bits per heavy atom. The number of carbonyl (C=O) groups is 2. The molecule has 1 aliphatic rings. The molecule has 0 aliphatic carbocycles. The Morgan fingerprint density at radius 1 is 1.73 bits per heavy atom. The minimum Gasteiger partial charge on any atom is -0.467 e. The van der Waals surface area contributed by atoms with Crippen molar-refractivity contribution in [2.24, 2.45) is 0 Å². The van der Waals surface area contributed by atoms with Crippen molar-refractivity contribution in [2.75, 3.05) is 7.11 Å². The van der Waals surface area contributed by atoms with Gasteiger partial charge in [0.25, 0.3) is 0 Å². The van der Waals surface area contributed by atoms with Crippen molar-refractivity contribution >= 4 is 12.1 Å². The zero-order chi connectivity index (χ0) is 8.43. The maximum Gasteiger partial charge on any atom is 0.408 e. The summed E-state index contributed by atoms with van der Waals surface area (Å²) in [5.41, 5.74) is 0. The molecule has 1 rings (SSSR count). The average molecular weight is 159 g/mol. The molecule has 0 bridgehead atoms. The van der Waals surface area contributed by atoms with Gasteiger partial charge in [0.05, 0.1) is 7.11 Å². The lowest BCUT2D eigenvalue weighted by molar-refractivity contribution is -0.143. The molecule has 0 radical (unpaired) electrons. The average Bonchev–Trinajstić information content (AvgIpc) is 2.28. The highest BCUT2D eigenvalue weighted by Crippen LogP contribution is 2.08. The van der Waals surface area contributed by atoms with Crippen LogP contribution in [0.5, 0.6) is 0 Å². The fraction of sp³-hybridized carbons (Fsp3) is 0.667. The summed E-state index contributed by atoms with van der Waals surface area (Å²) in [4.78, 5) is 21.4. The van der Waals surface area contributed by atoms with Gasteiger partial charge in [-0.15, -0.1) is 0 Å². The number of cyclic esters (lactones) is 1. The first-order valence-electron chi connectivity index (χ1n) is 3.20. The van der Waals surface area contributed by atoms with Crippen molar-refractivity contribution in [3.63, 3.8) is 0 Å². The van der Waals surface area contributed by atoms with Gasteiger partial charge in [0.2, 0.25) is 0 Å². The second kappa shape index (κ2) is 2.77. The molecule has 1 fully saturated rings. The molecule has 0 aromatic heterocycles. The van der Waals surface area contributed by atoms with E-state index in [4.69, 9.17) is 0 Å². The Balaban J connectivity index is 2.59. The number of methoxy groups -OCH3 is 1. The largest absolute Gasteiger partial charge is 0.467 e. The molecule has 11 heavy (non-hydrogen) atoms. The molecular formula is C6H9NO4. The molecule has 0 aromatic rings. The molecule has 1 aliphatic heterocycles. The second-order valence-electron chi connectivity index (χ2n) is 2.26. The molecule has 5 heteroatoms. The van der Waals surface area contributed by atoms with Gasteiger partial charge in [0, 0.05) is 0 Å². The van der Waals surface area contributed by atoms with Gasteiger partial charge in [-0.1, -0.05) is 0 Å². The van der Waals surface area contributed by atoms with E-state index in [1.54, 1.807) is 6.92 Å². The monoisotopic (exact) mass is 159 g/mol. The molecule has 0 aromatic carbocycles. The quantitative estimate of drug-likeness (QED) is 0.531. The van der Waals surface area contributed by atoms with Crippen LogP contribution in [-0.2, 0) is 14.3 Å². The summed E-state index contributed by atoms with van der Waals surface area (Å²) in [6.45, 7) is 1.62. The van der Waals surface area contributed by atoms with Gasteiger partial charge in [0.1, 0.15) is 6.10 Å². The van der Waals surface area contributed by atoms with E-state index in [1.165, 1.54) is 7.11 Å². The van der Waals surface area contributed by atoms with Crippen molar-refractivity contribution in [2.45, 2.75) is 19.1 Å². The number of hydrogen-bond donors (Lipinski definition) is 1. The van der Waals surface area contributed by atoms with Gasteiger partial charge in [-0.2, -0.15) is 0 Å². The van der Waals surface area contributed by atoms with E-state index in [9.17, 15) is 9.59 Å². The summed E-state index contributed by atoms with van der Waals surface area (Å²) >= 11 is 0. The number of rotatable bonds is 1. The second-order valence-corrected chi connectivity index (χ2v) is 2.26. The number of esters is 1. The zero-order valence-corrected chi connectivity index (χ0v) is 6.29. The third-order valence-corrected chi connectivity index (χ3v) is 1.49. The van der Waals surface area contributed by atoms with Crippen LogP contribution in [0, 0.1) is 0 Å². The van der Waals surface area contributed by atoms with E-state index in [0.717, 1.165) is 0 Å². The maximum atomic E-state index is 10.9. The highest BCUT2D eigenvalue weighted by Gasteiger charge is 2.36. The lowest BCUT2D eigenvalue weighted by atomic mass is 10.2. The molecule has 5 nitrogen and oxygen atoms in total. The van der Waals surface area contributed by atoms with Crippen LogP contribution in [0.25, 0.3) is 0 Å². The smallest absolute Gasteiger partial charge is 0.408 e. The van der Waals surface area contributed by atoms with Crippen LogP contribution in [-0.4, -0.2) is 31.3 Å². The summed E-state index contributed by atoms with van der Waals surface area (Å²) in [5, 5.41) is 2.32. The van der Waals surface area contributed by atoms with Gasteiger partial charge in [-0.25, -0.2) is 9.59 Å². The Morgan fingerprint density at radius 2 is 2.36 bits per heavy atom. The summed E-state index contributed by atoms with van der Waals surface area (Å²) in [6, 6.07) is -0.660. The van der Waals surface area contributed by atoms with Gasteiger partial charge in [-0.05, 0) is 6.92 Å². The van der Waals surface area contributed by atoms with Crippen LogP contribution in [0.15, 0.2) is 0 Å². The third-order valence-electron chi connectivity index (χ3n) is 1.49. The van der Waals surface area contributed by atoms with E-state index in [0.29, 0.717) is 0 Å². The molecule has 62 valence electrons. The van der Waals surface area contributed by atoms with E-state index >= 15 is 0 Å². The summed E-state index contributed by atoms with van der Waals surface area (Å²) in [7, 11) is 1.26. The van der Waals surface area contributed by atoms with E-state index in [2.05, 4.69) is 14.8 Å². The molecule has 0 unspecified atom stereocenters. The third kappa shape index (κ3) is 1.42. The molecule has 0 saturated carbocycles. The summed E-state index contributed by atoms with van der Waals surface area (Å²) < 4.78 is 9.07. The van der Waals surface area contributed by atoms with E-state index in [1.807, 2.05) is 0 Å². The normalized spacial score (nSPS) is 29.1. The minimum atomic E-state index is -0.660. The summed E-state index contributed by atoms with van der Waals surface area (Å²) in [5.74, 6) is -0.483. The number of hydrogen-bond acceptors (Lipinski definition) is 4. The van der Waals surface area contributed by atoms with Crippen LogP contribution in [0.1, 0.15) is 6.92 Å². The van der Waals surface area contributed by atoms with Crippen molar-refractivity contribution in [3.8, 4) is 0 Å². The minimum absolute atomic E-state index is 0.449. The molecule has 1 N–H and O–H groups in total. The maximum absolute atomic E-state index is 10.9. The molecule has 1 saturated heterocycles.